The third-order valence-electron chi connectivity index (χ3n) is 0. The number of hydrogen-bond donors (Lipinski definition) is 0. The Morgan fingerprint density at radius 1 is 1.00 bits per heavy atom. The average molecular weight is 143 g/mol. The van der Waals surface area contributed by atoms with Crippen molar-refractivity contribution in [2.24, 2.45) is 0 Å². The first-order valence-corrected chi connectivity index (χ1v) is 2.81. The minimum atomic E-state index is -3.17. The summed E-state index contributed by atoms with van der Waals surface area (Å²) in [7, 11) is 0. The Bertz CT molecular complexity index is 219. The van der Waals surface area contributed by atoms with E-state index in [0.29, 0.717) is 0 Å². The van der Waals surface area contributed by atoms with Gasteiger partial charge in [0.1, 0.15) is 0 Å². The van der Waals surface area contributed by atoms with Gasteiger partial charge in [-0.05, 0) is 0 Å². The van der Waals surface area contributed by atoms with Crippen molar-refractivity contribution >= 4 is 0 Å². The van der Waals surface area contributed by atoms with E-state index < -0.39 is 14.8 Å². The zero-order chi connectivity index (χ0) is 3.58. The van der Waals surface area contributed by atoms with Crippen molar-refractivity contribution in [3.8, 4) is 0 Å². The summed E-state index contributed by atoms with van der Waals surface area (Å²) in [5.74, 6) is 0. The van der Waals surface area contributed by atoms with Gasteiger partial charge in [-0.1, -0.05) is 0 Å². The van der Waals surface area contributed by atoms with Crippen LogP contribution in [0.15, 0.2) is 0 Å². The molecule has 0 bridgehead atoms. The van der Waals surface area contributed by atoms with Gasteiger partial charge in [-0.2, -0.15) is 0 Å². The van der Waals surface area contributed by atoms with Gasteiger partial charge in [0.05, 0.1) is 0 Å². The van der Waals surface area contributed by atoms with Gasteiger partial charge >= 0.3 is 26.6 Å². The second kappa shape index (κ2) is 1.12. The molecule has 4 heteroatoms. The molecule has 0 saturated heterocycles. The summed E-state index contributed by atoms with van der Waals surface area (Å²) >= 11 is -3.17. The third-order valence-corrected chi connectivity index (χ3v) is 0. The molecule has 3 nitrogen and oxygen atoms in total. The second-order valence-corrected chi connectivity index (χ2v) is 1.25. The van der Waals surface area contributed by atoms with Crippen molar-refractivity contribution in [2.75, 3.05) is 0 Å². The Morgan fingerprint density at radius 3 is 1.00 bits per heavy atom. The summed E-state index contributed by atoms with van der Waals surface area (Å²) in [6.45, 7) is 0. The van der Waals surface area contributed by atoms with Crippen molar-refractivity contribution in [3.63, 3.8) is 0 Å². The van der Waals surface area contributed by atoms with Gasteiger partial charge in [-0.25, -0.2) is 0 Å². The quantitative estimate of drug-likeness (QED) is 0.449. The van der Waals surface area contributed by atoms with Crippen LogP contribution in [0.25, 0.3) is 0 Å². The molecular formula is N3Ru. The summed E-state index contributed by atoms with van der Waals surface area (Å²) in [4.78, 5) is 0. The van der Waals surface area contributed by atoms with E-state index in [9.17, 15) is 0 Å². The molecule has 0 aliphatic heterocycles. The van der Waals surface area contributed by atoms with Gasteiger partial charge in [0.2, 0.25) is 0 Å². The zero-order valence-electron chi connectivity index (χ0n) is 1.70. The first-order valence-electron chi connectivity index (χ1n) is 0.474. The van der Waals surface area contributed by atoms with Crippen LogP contribution in [-0.2, 0) is 14.8 Å². The maximum atomic E-state index is 7.31. The molecule has 0 radical (unpaired) electrons. The number of hydrogen-bond acceptors (Lipinski definition) is 3. The Labute approximate surface area is 27.3 Å². The molecule has 0 atom stereocenters. The maximum absolute atomic E-state index is 7.31. The molecule has 0 amide bonds. The van der Waals surface area contributed by atoms with E-state index in [-0.39, 0.29) is 0 Å². The molecule has 0 unspecified atom stereocenters. The Hall–Kier alpha value is -0.247. The van der Waals surface area contributed by atoms with Gasteiger partial charge in [0.15, 0.2) is 0 Å². The predicted molar refractivity (Wildman–Crippen MR) is 5.18 cm³/mol. The molecule has 0 aromatic rings. The fourth-order valence-electron chi connectivity index (χ4n) is 0. The molecule has 23 valence electrons. The molecule has 0 rings (SSSR count). The molecule has 0 aliphatic rings. The van der Waals surface area contributed by atoms with Gasteiger partial charge in [0, 0.05) is 0 Å². The van der Waals surface area contributed by atoms with E-state index in [1.54, 1.807) is 0 Å². The molecule has 0 aliphatic carbocycles. The van der Waals surface area contributed by atoms with Crippen LogP contribution in [0.4, 0.5) is 0 Å². The fraction of sp³-hybridized carbons (Fsp3) is 0. The fourth-order valence-corrected chi connectivity index (χ4v) is 0. The normalized spacial score (nSPS) is 5.25. The molecule has 0 fully saturated rings. The summed E-state index contributed by atoms with van der Waals surface area (Å²) in [6, 6.07) is 0. The Morgan fingerprint density at radius 2 is 1.00 bits per heavy atom. The molecule has 4 heavy (non-hydrogen) atoms. The summed E-state index contributed by atoms with van der Waals surface area (Å²) < 4.78 is 21.9. The monoisotopic (exact) mass is 144 g/mol. The summed E-state index contributed by atoms with van der Waals surface area (Å²) in [5.41, 5.74) is 0. The van der Waals surface area contributed by atoms with Crippen LogP contribution < -0.4 is 0 Å². The van der Waals surface area contributed by atoms with Gasteiger partial charge in [-0.3, -0.25) is 0 Å². The second-order valence-electron chi connectivity index (χ2n) is 0.212. The van der Waals surface area contributed by atoms with Crippen LogP contribution >= 0.6 is 0 Å². The first-order chi connectivity index (χ1) is 1.73. The molecule has 0 spiro atoms. The van der Waals surface area contributed by atoms with Crippen molar-refractivity contribution in [3.05, 3.63) is 0 Å². The Kier molecular flexibility index (Phi) is 1.05. The molecule has 0 saturated carbocycles. The van der Waals surface area contributed by atoms with Crippen LogP contribution in [0.1, 0.15) is 0 Å². The van der Waals surface area contributed by atoms with E-state index in [1.807, 2.05) is 0 Å². The van der Waals surface area contributed by atoms with Crippen LogP contribution in [0.5, 0.6) is 0 Å². The SMILES string of the molecule is [N]#[Ru](#[N])#[N]. The molecular weight excluding hydrogens is 143 g/mol. The molecule has 0 N–H and O–H groups in total. The van der Waals surface area contributed by atoms with Crippen molar-refractivity contribution < 1.29 is 14.8 Å². The summed E-state index contributed by atoms with van der Waals surface area (Å²) in [6.07, 6.45) is 0. The third kappa shape index (κ3) is 16.4. The molecule has 0 aromatic carbocycles. The van der Waals surface area contributed by atoms with E-state index in [2.05, 4.69) is 0 Å². The molecule has 0 heterocycles. The standard InChI is InChI=1S/3N.Ru. The molecule has 0 aromatic heterocycles. The number of nitrogens with zero attached hydrogens (tertiary/aromatic N) is 3. The predicted octanol–water partition coefficient (Wildman–Crippen LogP) is 0.0427. The topological polar surface area (TPSA) is 71.4 Å². The van der Waals surface area contributed by atoms with E-state index in [4.69, 9.17) is 11.8 Å². The number of rotatable bonds is 0. The van der Waals surface area contributed by atoms with Crippen molar-refractivity contribution in [1.82, 2.24) is 0 Å². The Balaban J connectivity index is 6.97. The van der Waals surface area contributed by atoms with Crippen LogP contribution in [0, 0.1) is 11.8 Å². The van der Waals surface area contributed by atoms with E-state index >= 15 is 0 Å². The zero-order valence-corrected chi connectivity index (χ0v) is 3.43. The van der Waals surface area contributed by atoms with Gasteiger partial charge < -0.3 is 0 Å². The van der Waals surface area contributed by atoms with Crippen LogP contribution in [0.3, 0.4) is 0 Å². The van der Waals surface area contributed by atoms with Gasteiger partial charge in [0.25, 0.3) is 0 Å². The van der Waals surface area contributed by atoms with Crippen LogP contribution in [0.2, 0.25) is 0 Å². The van der Waals surface area contributed by atoms with Crippen molar-refractivity contribution in [2.45, 2.75) is 0 Å². The first kappa shape index (κ1) is 3.75. The van der Waals surface area contributed by atoms with E-state index in [0.717, 1.165) is 0 Å². The van der Waals surface area contributed by atoms with Crippen LogP contribution in [-0.4, -0.2) is 0 Å². The van der Waals surface area contributed by atoms with E-state index in [1.165, 1.54) is 0 Å². The minimum absolute atomic E-state index is 3.17. The average Bonchev–Trinajstić information content (AvgIpc) is 0.811. The summed E-state index contributed by atoms with van der Waals surface area (Å²) in [5, 5.41) is 0. The van der Waals surface area contributed by atoms with Gasteiger partial charge in [-0.15, -0.1) is 0 Å². The van der Waals surface area contributed by atoms with Crippen molar-refractivity contribution in [1.29, 1.82) is 11.8 Å².